The van der Waals surface area contributed by atoms with Crippen molar-refractivity contribution in [2.45, 2.75) is 20.0 Å². The van der Waals surface area contributed by atoms with Gasteiger partial charge >= 0.3 is 0 Å². The van der Waals surface area contributed by atoms with Gasteiger partial charge in [0.2, 0.25) is 0 Å². The average molecular weight is 256 g/mol. The molecule has 1 N–H and O–H groups in total. The Balaban J connectivity index is 2.13. The molecule has 98 valence electrons. The van der Waals surface area contributed by atoms with E-state index in [2.05, 4.69) is 0 Å². The summed E-state index contributed by atoms with van der Waals surface area (Å²) < 4.78 is 5.69. The fourth-order valence-electron chi connectivity index (χ4n) is 1.88. The van der Waals surface area contributed by atoms with Crippen LogP contribution in [0.15, 0.2) is 42.5 Å². The molecule has 0 saturated heterocycles. The van der Waals surface area contributed by atoms with E-state index in [0.29, 0.717) is 23.5 Å². The minimum absolute atomic E-state index is 0.137. The second kappa shape index (κ2) is 6.05. The molecule has 0 aliphatic carbocycles. The van der Waals surface area contributed by atoms with Gasteiger partial charge in [0, 0.05) is 17.5 Å². The maximum atomic E-state index is 10.5. The molecule has 19 heavy (non-hydrogen) atoms. The van der Waals surface area contributed by atoms with Crippen LogP contribution in [0.3, 0.4) is 0 Å². The molecule has 0 aliphatic rings. The zero-order valence-corrected chi connectivity index (χ0v) is 10.8. The molecule has 2 rings (SSSR count). The number of hydrogen-bond donors (Lipinski definition) is 1. The third-order valence-corrected chi connectivity index (χ3v) is 3.01. The Kier molecular flexibility index (Phi) is 4.18. The SMILES string of the molecule is Cc1c(OCc2ccccc2)ccc(CC=O)c1O. The zero-order chi connectivity index (χ0) is 13.7. The highest BCUT2D eigenvalue weighted by atomic mass is 16.5. The van der Waals surface area contributed by atoms with Gasteiger partial charge in [-0.2, -0.15) is 0 Å². The minimum Gasteiger partial charge on any atom is -0.507 e. The van der Waals surface area contributed by atoms with Crippen molar-refractivity contribution in [1.29, 1.82) is 0 Å². The quantitative estimate of drug-likeness (QED) is 0.836. The highest BCUT2D eigenvalue weighted by Crippen LogP contribution is 2.30. The van der Waals surface area contributed by atoms with E-state index in [1.54, 1.807) is 19.1 Å². The minimum atomic E-state index is 0.137. The van der Waals surface area contributed by atoms with Gasteiger partial charge in [0.25, 0.3) is 0 Å². The fourth-order valence-corrected chi connectivity index (χ4v) is 1.88. The number of phenols is 1. The maximum Gasteiger partial charge on any atom is 0.126 e. The predicted molar refractivity (Wildman–Crippen MR) is 73.4 cm³/mol. The molecule has 3 heteroatoms. The first-order valence-corrected chi connectivity index (χ1v) is 6.14. The molecule has 0 bridgehead atoms. The molecule has 0 saturated carbocycles. The number of ether oxygens (including phenoxy) is 1. The second-order valence-corrected chi connectivity index (χ2v) is 4.34. The van der Waals surface area contributed by atoms with Gasteiger partial charge in [-0.1, -0.05) is 36.4 Å². The highest BCUT2D eigenvalue weighted by Gasteiger charge is 2.09. The maximum absolute atomic E-state index is 10.5. The third kappa shape index (κ3) is 3.13. The summed E-state index contributed by atoms with van der Waals surface area (Å²) in [5.41, 5.74) is 2.35. The van der Waals surface area contributed by atoms with E-state index in [4.69, 9.17) is 4.74 Å². The van der Waals surface area contributed by atoms with Gasteiger partial charge in [0.15, 0.2) is 0 Å². The molecule has 0 heterocycles. The summed E-state index contributed by atoms with van der Waals surface area (Å²) in [5.74, 6) is 0.772. The summed E-state index contributed by atoms with van der Waals surface area (Å²) in [6, 6.07) is 13.3. The summed E-state index contributed by atoms with van der Waals surface area (Å²) in [6.07, 6.45) is 0.991. The van der Waals surface area contributed by atoms with Crippen molar-refractivity contribution >= 4 is 6.29 Å². The van der Waals surface area contributed by atoms with Gasteiger partial charge in [0.05, 0.1) is 0 Å². The fraction of sp³-hybridized carbons (Fsp3) is 0.188. The molecule has 3 nitrogen and oxygen atoms in total. The van der Waals surface area contributed by atoms with Gasteiger partial charge in [-0.05, 0) is 18.6 Å². The van der Waals surface area contributed by atoms with Crippen LogP contribution in [-0.4, -0.2) is 11.4 Å². The van der Waals surface area contributed by atoms with Gasteiger partial charge < -0.3 is 14.6 Å². The number of aromatic hydroxyl groups is 1. The van der Waals surface area contributed by atoms with Crippen LogP contribution in [0.4, 0.5) is 0 Å². The van der Waals surface area contributed by atoms with Crippen molar-refractivity contribution in [3.8, 4) is 11.5 Å². The first-order chi connectivity index (χ1) is 9.22. The lowest BCUT2D eigenvalue weighted by Gasteiger charge is -2.12. The topological polar surface area (TPSA) is 46.5 Å². The Hall–Kier alpha value is -2.29. The number of benzene rings is 2. The first kappa shape index (κ1) is 13.1. The molecule has 0 fully saturated rings. The zero-order valence-electron chi connectivity index (χ0n) is 10.8. The van der Waals surface area contributed by atoms with Gasteiger partial charge in [-0.3, -0.25) is 0 Å². The highest BCUT2D eigenvalue weighted by molar-refractivity contribution is 5.60. The van der Waals surface area contributed by atoms with Gasteiger partial charge in [-0.25, -0.2) is 0 Å². The van der Waals surface area contributed by atoms with Crippen molar-refractivity contribution in [2.75, 3.05) is 0 Å². The normalized spacial score (nSPS) is 10.2. The van der Waals surface area contributed by atoms with Crippen LogP contribution in [0, 0.1) is 6.92 Å². The van der Waals surface area contributed by atoms with E-state index in [1.165, 1.54) is 0 Å². The van der Waals surface area contributed by atoms with Crippen LogP contribution in [0.5, 0.6) is 11.5 Å². The number of hydrogen-bond acceptors (Lipinski definition) is 3. The summed E-state index contributed by atoms with van der Waals surface area (Å²) >= 11 is 0. The number of aldehydes is 1. The Morgan fingerprint density at radius 3 is 2.58 bits per heavy atom. The Morgan fingerprint density at radius 2 is 1.89 bits per heavy atom. The van der Waals surface area contributed by atoms with Crippen LogP contribution in [0.1, 0.15) is 16.7 Å². The summed E-state index contributed by atoms with van der Waals surface area (Å²) in [6.45, 7) is 2.23. The molecule has 2 aromatic rings. The van der Waals surface area contributed by atoms with Crippen molar-refractivity contribution < 1.29 is 14.6 Å². The van der Waals surface area contributed by atoms with Crippen molar-refractivity contribution in [3.05, 3.63) is 59.2 Å². The number of carbonyl (C=O) groups is 1. The first-order valence-electron chi connectivity index (χ1n) is 6.14. The molecular formula is C16H16O3. The Morgan fingerprint density at radius 1 is 1.16 bits per heavy atom. The lowest BCUT2D eigenvalue weighted by atomic mass is 10.1. The predicted octanol–water partition coefficient (Wildman–Crippen LogP) is 3.02. The molecule has 0 radical (unpaired) electrons. The molecule has 0 amide bonds. The molecule has 0 aromatic heterocycles. The van der Waals surface area contributed by atoms with E-state index in [9.17, 15) is 9.90 Å². The summed E-state index contributed by atoms with van der Waals surface area (Å²) in [5, 5.41) is 9.97. The van der Waals surface area contributed by atoms with E-state index in [1.807, 2.05) is 30.3 Å². The molecule has 0 aliphatic heterocycles. The molecule has 0 unspecified atom stereocenters. The van der Waals surface area contributed by atoms with Crippen LogP contribution < -0.4 is 4.74 Å². The molecule has 0 atom stereocenters. The van der Waals surface area contributed by atoms with E-state index >= 15 is 0 Å². The lowest BCUT2D eigenvalue weighted by Crippen LogP contribution is -1.98. The Bertz CT molecular complexity index is 562. The Labute approximate surface area is 112 Å². The number of phenolic OH excluding ortho intramolecular Hbond substituents is 1. The number of carbonyl (C=O) groups excluding carboxylic acids is 1. The van der Waals surface area contributed by atoms with E-state index < -0.39 is 0 Å². The molecule has 0 spiro atoms. The van der Waals surface area contributed by atoms with Gasteiger partial charge in [0.1, 0.15) is 24.4 Å². The van der Waals surface area contributed by atoms with Crippen molar-refractivity contribution in [2.24, 2.45) is 0 Å². The van der Waals surface area contributed by atoms with Crippen LogP contribution in [0.25, 0.3) is 0 Å². The largest absolute Gasteiger partial charge is 0.507 e. The van der Waals surface area contributed by atoms with Crippen molar-refractivity contribution in [1.82, 2.24) is 0 Å². The number of rotatable bonds is 5. The van der Waals surface area contributed by atoms with E-state index in [-0.39, 0.29) is 12.2 Å². The standard InChI is InChI=1S/C16H16O3/c1-12-15(8-7-14(9-10-17)16(12)18)19-11-13-5-3-2-4-6-13/h2-8,10,18H,9,11H2,1H3. The monoisotopic (exact) mass is 256 g/mol. The van der Waals surface area contributed by atoms with Crippen molar-refractivity contribution in [3.63, 3.8) is 0 Å². The summed E-state index contributed by atoms with van der Waals surface area (Å²) in [7, 11) is 0. The smallest absolute Gasteiger partial charge is 0.126 e. The van der Waals surface area contributed by atoms with Crippen LogP contribution in [0.2, 0.25) is 0 Å². The van der Waals surface area contributed by atoms with Crippen LogP contribution in [-0.2, 0) is 17.8 Å². The van der Waals surface area contributed by atoms with Crippen LogP contribution >= 0.6 is 0 Å². The third-order valence-electron chi connectivity index (χ3n) is 3.01. The van der Waals surface area contributed by atoms with Gasteiger partial charge in [-0.15, -0.1) is 0 Å². The second-order valence-electron chi connectivity index (χ2n) is 4.34. The average Bonchev–Trinajstić information content (AvgIpc) is 2.44. The molecule has 2 aromatic carbocycles. The van der Waals surface area contributed by atoms with E-state index in [0.717, 1.165) is 11.8 Å². The lowest BCUT2D eigenvalue weighted by molar-refractivity contribution is -0.107. The molecular weight excluding hydrogens is 240 g/mol. The summed E-state index contributed by atoms with van der Waals surface area (Å²) in [4.78, 5) is 10.5.